The number of hydrogen-bond donors (Lipinski definition) is 3. The molecule has 9 heavy (non-hydrogen) atoms. The molecule has 0 spiro atoms. The topological polar surface area (TPSA) is 75.7 Å². The van der Waals surface area contributed by atoms with Crippen LogP contribution in [0.15, 0.2) is 0 Å². The summed E-state index contributed by atoms with van der Waals surface area (Å²) in [5.41, 5.74) is 5.21. The van der Waals surface area contributed by atoms with E-state index >= 15 is 0 Å². The van der Waals surface area contributed by atoms with E-state index in [9.17, 15) is 0 Å². The molecule has 4 nitrogen and oxygen atoms in total. The van der Waals surface area contributed by atoms with Gasteiger partial charge in [-0.05, 0) is 6.42 Å². The number of rotatable bonds is 4. The predicted molar refractivity (Wildman–Crippen MR) is 36.5 cm³/mol. The fourth-order valence-corrected chi connectivity index (χ4v) is 0.489. The number of nitrogens with two attached hydrogens (primary N) is 1. The lowest BCUT2D eigenvalue weighted by molar-refractivity contribution is -0.0612. The highest BCUT2D eigenvalue weighted by molar-refractivity contribution is 7.09. The van der Waals surface area contributed by atoms with Crippen molar-refractivity contribution in [2.75, 3.05) is 6.61 Å². The second-order valence-corrected chi connectivity index (χ2v) is 2.07. The van der Waals surface area contributed by atoms with Crippen LogP contribution in [0.2, 0.25) is 0 Å². The smallest absolute Gasteiger partial charge is 0.166 e. The molecule has 0 saturated heterocycles. The number of aliphatic hydroxyl groups excluding tert-OH is 1. The van der Waals surface area contributed by atoms with Gasteiger partial charge in [0, 0.05) is 9.47 Å². The SMILES string of the molecule is N[C@@H](CCOP)C(O)O. The van der Waals surface area contributed by atoms with Gasteiger partial charge in [-0.25, -0.2) is 0 Å². The van der Waals surface area contributed by atoms with Crippen molar-refractivity contribution in [3.63, 3.8) is 0 Å². The lowest BCUT2D eigenvalue weighted by Gasteiger charge is -2.11. The Morgan fingerprint density at radius 1 is 1.56 bits per heavy atom. The van der Waals surface area contributed by atoms with Gasteiger partial charge < -0.3 is 20.5 Å². The average molecular weight is 153 g/mol. The second-order valence-electron chi connectivity index (χ2n) is 1.74. The molecule has 0 aliphatic heterocycles. The van der Waals surface area contributed by atoms with E-state index in [0.717, 1.165) is 0 Å². The van der Waals surface area contributed by atoms with E-state index in [0.29, 0.717) is 13.0 Å². The van der Waals surface area contributed by atoms with Crippen LogP contribution in [0.3, 0.4) is 0 Å². The van der Waals surface area contributed by atoms with Gasteiger partial charge in [0.15, 0.2) is 6.29 Å². The molecule has 0 aliphatic carbocycles. The molecule has 5 heteroatoms. The van der Waals surface area contributed by atoms with Crippen molar-refractivity contribution >= 4 is 9.47 Å². The van der Waals surface area contributed by atoms with Crippen LogP contribution in [-0.2, 0) is 4.52 Å². The van der Waals surface area contributed by atoms with E-state index < -0.39 is 12.3 Å². The fourth-order valence-electron chi connectivity index (χ4n) is 0.353. The Hall–Kier alpha value is 0.270. The number of aliphatic hydroxyl groups is 2. The van der Waals surface area contributed by atoms with Crippen molar-refractivity contribution in [3.05, 3.63) is 0 Å². The first-order valence-electron chi connectivity index (χ1n) is 2.62. The highest BCUT2D eigenvalue weighted by atomic mass is 31.0. The summed E-state index contributed by atoms with van der Waals surface area (Å²) >= 11 is 0. The Morgan fingerprint density at radius 3 is 2.44 bits per heavy atom. The maximum Gasteiger partial charge on any atom is 0.166 e. The summed E-state index contributed by atoms with van der Waals surface area (Å²) in [6.07, 6.45) is -0.994. The van der Waals surface area contributed by atoms with Crippen LogP contribution in [0.1, 0.15) is 6.42 Å². The van der Waals surface area contributed by atoms with Crippen LogP contribution >= 0.6 is 9.47 Å². The maximum atomic E-state index is 8.42. The molecule has 0 rings (SSSR count). The standard InChI is InChI=1S/C4H12NO3P/c5-3(4(6)7)1-2-8-9/h3-4,6-7H,1-2,5,9H2/t3-/m0/s1. The van der Waals surface area contributed by atoms with Gasteiger partial charge in [-0.1, -0.05) is 0 Å². The van der Waals surface area contributed by atoms with E-state index in [2.05, 4.69) is 14.0 Å². The molecular formula is C4H12NO3P. The molecule has 0 aromatic carbocycles. The van der Waals surface area contributed by atoms with Gasteiger partial charge >= 0.3 is 0 Å². The predicted octanol–water partition coefficient (Wildman–Crippen LogP) is -1.18. The van der Waals surface area contributed by atoms with Crippen LogP contribution in [0.5, 0.6) is 0 Å². The first-order valence-corrected chi connectivity index (χ1v) is 3.09. The molecule has 1 unspecified atom stereocenters. The van der Waals surface area contributed by atoms with Crippen molar-refractivity contribution in [2.24, 2.45) is 5.73 Å². The zero-order chi connectivity index (χ0) is 7.28. The first-order chi connectivity index (χ1) is 4.18. The molecule has 2 atom stereocenters. The summed E-state index contributed by atoms with van der Waals surface area (Å²) in [5, 5.41) is 16.8. The zero-order valence-corrected chi connectivity index (χ0v) is 6.18. The van der Waals surface area contributed by atoms with Gasteiger partial charge in [0.25, 0.3) is 0 Å². The second kappa shape index (κ2) is 5.09. The van der Waals surface area contributed by atoms with Crippen LogP contribution in [-0.4, -0.2) is 29.2 Å². The molecule has 4 N–H and O–H groups in total. The summed E-state index contributed by atoms with van der Waals surface area (Å²) in [7, 11) is 2.06. The maximum absolute atomic E-state index is 8.42. The van der Waals surface area contributed by atoms with Crippen LogP contribution in [0, 0.1) is 0 Å². The van der Waals surface area contributed by atoms with Crippen LogP contribution < -0.4 is 5.73 Å². The van der Waals surface area contributed by atoms with Crippen molar-refractivity contribution in [2.45, 2.75) is 18.8 Å². The molecule has 0 aromatic heterocycles. The highest BCUT2D eigenvalue weighted by Crippen LogP contribution is 1.95. The molecule has 0 saturated carbocycles. The van der Waals surface area contributed by atoms with Crippen LogP contribution in [0.25, 0.3) is 0 Å². The molecule has 0 radical (unpaired) electrons. The molecule has 0 heterocycles. The minimum atomic E-state index is -1.44. The van der Waals surface area contributed by atoms with Gasteiger partial charge in [0.1, 0.15) is 0 Å². The molecule has 0 amide bonds. The largest absolute Gasteiger partial charge is 0.367 e. The first kappa shape index (κ1) is 9.27. The lowest BCUT2D eigenvalue weighted by Crippen LogP contribution is -2.35. The Balaban J connectivity index is 3.16. The third-order valence-electron chi connectivity index (χ3n) is 0.952. The number of hydrogen-bond acceptors (Lipinski definition) is 4. The zero-order valence-electron chi connectivity index (χ0n) is 5.03. The fraction of sp³-hybridized carbons (Fsp3) is 1.00. The molecule has 0 fully saturated rings. The minimum Gasteiger partial charge on any atom is -0.367 e. The summed E-state index contributed by atoms with van der Waals surface area (Å²) < 4.78 is 4.58. The third kappa shape index (κ3) is 4.75. The Bertz CT molecular complexity index is 70.8. The summed E-state index contributed by atoms with van der Waals surface area (Å²) in [4.78, 5) is 0. The molecular weight excluding hydrogens is 141 g/mol. The Kier molecular flexibility index (Phi) is 5.24. The van der Waals surface area contributed by atoms with E-state index in [1.54, 1.807) is 0 Å². The Labute approximate surface area is 56.3 Å². The normalized spacial score (nSPS) is 14.3. The third-order valence-corrected chi connectivity index (χ3v) is 1.19. The summed E-state index contributed by atoms with van der Waals surface area (Å²) in [6, 6.07) is -0.606. The lowest BCUT2D eigenvalue weighted by atomic mass is 10.2. The van der Waals surface area contributed by atoms with E-state index in [1.807, 2.05) is 0 Å². The van der Waals surface area contributed by atoms with Gasteiger partial charge in [-0.3, -0.25) is 0 Å². The van der Waals surface area contributed by atoms with Gasteiger partial charge in [-0.2, -0.15) is 0 Å². The molecule has 0 aromatic rings. The van der Waals surface area contributed by atoms with Gasteiger partial charge in [-0.15, -0.1) is 0 Å². The molecule has 56 valence electrons. The van der Waals surface area contributed by atoms with Crippen molar-refractivity contribution in [1.82, 2.24) is 0 Å². The van der Waals surface area contributed by atoms with Crippen molar-refractivity contribution in [1.29, 1.82) is 0 Å². The Morgan fingerprint density at radius 2 is 2.11 bits per heavy atom. The van der Waals surface area contributed by atoms with Crippen molar-refractivity contribution in [3.8, 4) is 0 Å². The summed E-state index contributed by atoms with van der Waals surface area (Å²) in [5.74, 6) is 0. The molecule has 0 aliphatic rings. The van der Waals surface area contributed by atoms with Gasteiger partial charge in [0.2, 0.25) is 0 Å². The van der Waals surface area contributed by atoms with E-state index in [4.69, 9.17) is 15.9 Å². The minimum absolute atomic E-state index is 0.420. The highest BCUT2D eigenvalue weighted by Gasteiger charge is 2.09. The van der Waals surface area contributed by atoms with Crippen molar-refractivity contribution < 1.29 is 14.7 Å². The van der Waals surface area contributed by atoms with Gasteiger partial charge in [0.05, 0.1) is 12.6 Å². The van der Waals surface area contributed by atoms with E-state index in [1.165, 1.54) is 0 Å². The summed E-state index contributed by atoms with van der Waals surface area (Å²) in [6.45, 7) is 0.420. The monoisotopic (exact) mass is 153 g/mol. The quantitative estimate of drug-likeness (QED) is 0.351. The van der Waals surface area contributed by atoms with Crippen LogP contribution in [0.4, 0.5) is 0 Å². The van der Waals surface area contributed by atoms with E-state index in [-0.39, 0.29) is 0 Å². The average Bonchev–Trinajstić information content (AvgIpc) is 1.82. The molecule has 0 bridgehead atoms.